The summed E-state index contributed by atoms with van der Waals surface area (Å²) < 4.78 is 7.49. The van der Waals surface area contributed by atoms with E-state index in [0.717, 1.165) is 36.3 Å². The van der Waals surface area contributed by atoms with Crippen LogP contribution < -0.4 is 10.6 Å². The Morgan fingerprint density at radius 3 is 2.53 bits per heavy atom. The minimum Gasteiger partial charge on any atom is -0.373 e. The van der Waals surface area contributed by atoms with Crippen LogP contribution in [-0.2, 0) is 11.8 Å². The largest absolute Gasteiger partial charge is 0.373 e. The van der Waals surface area contributed by atoms with Crippen LogP contribution in [0.15, 0.2) is 43.0 Å². The van der Waals surface area contributed by atoms with Crippen LogP contribution in [0.4, 0.5) is 5.69 Å². The number of aryl methyl sites for hydroxylation is 2. The van der Waals surface area contributed by atoms with Gasteiger partial charge < -0.3 is 20.4 Å². The highest BCUT2D eigenvalue weighted by molar-refractivity contribution is 6.06. The fourth-order valence-corrected chi connectivity index (χ4v) is 4.73. The Morgan fingerprint density at radius 2 is 1.79 bits per heavy atom. The zero-order valence-electron chi connectivity index (χ0n) is 22.0. The lowest BCUT2D eigenvalue weighted by Gasteiger charge is -2.35. The first-order valence-electron chi connectivity index (χ1n) is 12.7. The summed E-state index contributed by atoms with van der Waals surface area (Å²) >= 11 is 0. The zero-order valence-corrected chi connectivity index (χ0v) is 22.0. The Balaban J connectivity index is 1.23. The lowest BCUT2D eigenvalue weighted by atomic mass is 10.1. The highest BCUT2D eigenvalue weighted by Gasteiger charge is 2.22. The van der Waals surface area contributed by atoms with Gasteiger partial charge in [-0.15, -0.1) is 0 Å². The van der Waals surface area contributed by atoms with E-state index in [1.807, 2.05) is 19.3 Å². The number of carbonyl (C=O) groups is 2. The van der Waals surface area contributed by atoms with Gasteiger partial charge in [-0.3, -0.25) is 24.2 Å². The molecule has 0 unspecified atom stereocenters. The summed E-state index contributed by atoms with van der Waals surface area (Å²) in [5, 5.41) is 10.8. The average molecular weight is 517 g/mol. The standard InChI is InChI=1S/C27H32N8O3/c1-16-13-35(14-17(2)38-16)6-5-28-26(36)21-9-23(18(3)29-10-21)33-27(37)20-7-19-8-24(32-25(19)30-11-20)22-12-31-34(4)15-22/h7-12,15-17H,5-6,13-14H2,1-4H3,(H,28,36)(H,30,32)(H,33,37)/t16-,17-/m1/s1. The van der Waals surface area contributed by atoms with E-state index in [4.69, 9.17) is 4.74 Å². The van der Waals surface area contributed by atoms with Crippen molar-refractivity contribution in [3.8, 4) is 11.3 Å². The highest BCUT2D eigenvalue weighted by Crippen LogP contribution is 2.24. The van der Waals surface area contributed by atoms with Crippen molar-refractivity contribution in [3.63, 3.8) is 0 Å². The Labute approximate surface area is 220 Å². The molecular weight excluding hydrogens is 484 g/mol. The first kappa shape index (κ1) is 25.6. The molecule has 1 aliphatic rings. The quantitative estimate of drug-likeness (QED) is 0.344. The average Bonchev–Trinajstić information content (AvgIpc) is 3.50. The maximum absolute atomic E-state index is 13.1. The lowest BCUT2D eigenvalue weighted by molar-refractivity contribution is -0.0672. The summed E-state index contributed by atoms with van der Waals surface area (Å²) in [5.41, 5.74) is 4.35. The SMILES string of the molecule is Cc1ncc(C(=O)NCCN2C[C@@H](C)O[C@H](C)C2)cc1NC(=O)c1cnc2[nH]c(-c3cnn(C)c3)cc2c1. The number of fused-ring (bicyclic) bond motifs is 1. The fourth-order valence-electron chi connectivity index (χ4n) is 4.73. The summed E-state index contributed by atoms with van der Waals surface area (Å²) in [7, 11) is 1.86. The van der Waals surface area contributed by atoms with E-state index in [9.17, 15) is 9.59 Å². The first-order valence-corrected chi connectivity index (χ1v) is 12.7. The third kappa shape index (κ3) is 5.74. The van der Waals surface area contributed by atoms with Crippen LogP contribution in [0.25, 0.3) is 22.3 Å². The molecule has 4 aromatic rings. The Hall–Kier alpha value is -4.09. The maximum atomic E-state index is 13.1. The number of nitrogens with one attached hydrogen (secondary N) is 3. The number of hydrogen-bond acceptors (Lipinski definition) is 7. The molecular formula is C27H32N8O3. The van der Waals surface area contributed by atoms with Crippen LogP contribution in [0, 0.1) is 6.92 Å². The van der Waals surface area contributed by atoms with Gasteiger partial charge in [0.15, 0.2) is 0 Å². The number of nitrogens with zero attached hydrogens (tertiary/aromatic N) is 5. The third-order valence-electron chi connectivity index (χ3n) is 6.55. The van der Waals surface area contributed by atoms with Crippen molar-refractivity contribution in [3.05, 3.63) is 59.8 Å². The number of hydrogen-bond donors (Lipinski definition) is 3. The van der Waals surface area contributed by atoms with Crippen molar-refractivity contribution in [2.24, 2.45) is 7.05 Å². The number of pyridine rings is 2. The van der Waals surface area contributed by atoms with Gasteiger partial charge in [-0.1, -0.05) is 0 Å². The molecule has 1 aliphatic heterocycles. The van der Waals surface area contributed by atoms with Crippen LogP contribution in [-0.4, -0.2) is 79.8 Å². The second-order valence-corrected chi connectivity index (χ2v) is 9.83. The van der Waals surface area contributed by atoms with Crippen molar-refractivity contribution >= 4 is 28.5 Å². The topological polar surface area (TPSA) is 130 Å². The molecule has 0 saturated carbocycles. The Bertz CT molecular complexity index is 1470. The van der Waals surface area contributed by atoms with Crippen LogP contribution in [0.5, 0.6) is 0 Å². The number of aromatic nitrogens is 5. The highest BCUT2D eigenvalue weighted by atomic mass is 16.5. The van der Waals surface area contributed by atoms with Gasteiger partial charge in [0.05, 0.1) is 46.6 Å². The molecule has 1 fully saturated rings. The molecule has 1 saturated heterocycles. The molecule has 0 aliphatic carbocycles. The van der Waals surface area contributed by atoms with E-state index >= 15 is 0 Å². The van der Waals surface area contributed by atoms with Gasteiger partial charge in [-0.25, -0.2) is 4.98 Å². The van der Waals surface area contributed by atoms with Gasteiger partial charge >= 0.3 is 0 Å². The van der Waals surface area contributed by atoms with Gasteiger partial charge in [0.2, 0.25) is 0 Å². The lowest BCUT2D eigenvalue weighted by Crippen LogP contribution is -2.47. The van der Waals surface area contributed by atoms with Gasteiger partial charge in [-0.2, -0.15) is 5.10 Å². The van der Waals surface area contributed by atoms with Crippen molar-refractivity contribution in [1.82, 2.24) is 34.9 Å². The minimum absolute atomic E-state index is 0.179. The number of morpholine rings is 1. The van der Waals surface area contributed by atoms with E-state index in [-0.39, 0.29) is 24.0 Å². The predicted octanol–water partition coefficient (Wildman–Crippen LogP) is 2.76. The third-order valence-corrected chi connectivity index (χ3v) is 6.55. The monoisotopic (exact) mass is 516 g/mol. The summed E-state index contributed by atoms with van der Waals surface area (Å²) in [6.07, 6.45) is 7.07. The molecule has 2 atom stereocenters. The van der Waals surface area contributed by atoms with Gasteiger partial charge in [0, 0.05) is 62.8 Å². The van der Waals surface area contributed by atoms with E-state index in [1.165, 1.54) is 12.4 Å². The van der Waals surface area contributed by atoms with E-state index in [0.29, 0.717) is 34.7 Å². The molecule has 38 heavy (non-hydrogen) atoms. The fraction of sp³-hybridized carbons (Fsp3) is 0.370. The molecule has 0 bridgehead atoms. The number of amides is 2. The molecule has 5 rings (SSSR count). The molecule has 3 N–H and O–H groups in total. The number of anilines is 1. The van der Waals surface area contributed by atoms with Gasteiger partial charge in [0.1, 0.15) is 5.65 Å². The molecule has 11 heteroatoms. The van der Waals surface area contributed by atoms with Crippen LogP contribution in [0.2, 0.25) is 0 Å². The second-order valence-electron chi connectivity index (χ2n) is 9.83. The molecule has 0 aromatic carbocycles. The number of H-pyrrole nitrogens is 1. The first-order chi connectivity index (χ1) is 18.2. The minimum atomic E-state index is -0.332. The summed E-state index contributed by atoms with van der Waals surface area (Å²) in [6.45, 7) is 8.84. The van der Waals surface area contributed by atoms with Crippen molar-refractivity contribution in [2.75, 3.05) is 31.5 Å². The van der Waals surface area contributed by atoms with Crippen molar-refractivity contribution in [1.29, 1.82) is 0 Å². The normalized spacial score (nSPS) is 18.0. The van der Waals surface area contributed by atoms with Crippen molar-refractivity contribution in [2.45, 2.75) is 33.0 Å². The molecule has 11 nitrogen and oxygen atoms in total. The molecule has 198 valence electrons. The molecule has 0 spiro atoms. The van der Waals surface area contributed by atoms with E-state index < -0.39 is 0 Å². The summed E-state index contributed by atoms with van der Waals surface area (Å²) in [6, 6.07) is 5.37. The Kier molecular flexibility index (Phi) is 7.21. The zero-order chi connectivity index (χ0) is 26.8. The van der Waals surface area contributed by atoms with Crippen molar-refractivity contribution < 1.29 is 14.3 Å². The smallest absolute Gasteiger partial charge is 0.257 e. The Morgan fingerprint density at radius 1 is 1.05 bits per heavy atom. The molecule has 4 aromatic heterocycles. The second kappa shape index (κ2) is 10.7. The van der Waals surface area contributed by atoms with Gasteiger partial charge in [-0.05, 0) is 39.0 Å². The summed E-state index contributed by atoms with van der Waals surface area (Å²) in [4.78, 5) is 40.1. The van der Waals surface area contributed by atoms with Crippen LogP contribution >= 0.6 is 0 Å². The predicted molar refractivity (Wildman–Crippen MR) is 144 cm³/mol. The molecule has 5 heterocycles. The van der Waals surface area contributed by atoms with Crippen LogP contribution in [0.1, 0.15) is 40.3 Å². The summed E-state index contributed by atoms with van der Waals surface area (Å²) in [5.74, 6) is -0.567. The number of ether oxygens (including phenoxy) is 1. The number of aromatic amines is 1. The maximum Gasteiger partial charge on any atom is 0.257 e. The number of rotatable bonds is 7. The molecule has 0 radical (unpaired) electrons. The van der Waals surface area contributed by atoms with Crippen LogP contribution in [0.3, 0.4) is 0 Å². The number of carbonyl (C=O) groups excluding carboxylic acids is 2. The van der Waals surface area contributed by atoms with E-state index in [1.54, 1.807) is 29.9 Å². The molecule has 2 amide bonds. The van der Waals surface area contributed by atoms with E-state index in [2.05, 4.69) is 49.4 Å². The van der Waals surface area contributed by atoms with Gasteiger partial charge in [0.25, 0.3) is 11.8 Å².